The quantitative estimate of drug-likeness (QED) is 0.197. The number of Topliss-reactive ketones (excluding diaryl/α,β-unsaturated/α-hetero) is 1. The van der Waals surface area contributed by atoms with Crippen LogP contribution in [0.3, 0.4) is 0 Å². The fourth-order valence-electron chi connectivity index (χ4n) is 9.70. The lowest BCUT2D eigenvalue weighted by atomic mass is 9.43. The Morgan fingerprint density at radius 1 is 1.10 bits per heavy atom. The maximum Gasteiger partial charge on any atom is 0.255 e. The molecule has 6 rings (SSSR count). The van der Waals surface area contributed by atoms with Gasteiger partial charge in [-0.25, -0.2) is 0 Å². The third-order valence-electron chi connectivity index (χ3n) is 12.5. The molecule has 3 aliphatic carbocycles. The molecule has 1 amide bonds. The molecule has 2 bridgehead atoms. The Labute approximate surface area is 311 Å². The van der Waals surface area contributed by atoms with Crippen LogP contribution in [0.2, 0.25) is 0 Å². The van der Waals surface area contributed by atoms with E-state index >= 15 is 0 Å². The van der Waals surface area contributed by atoms with Crippen LogP contribution in [-0.2, 0) is 16.2 Å². The van der Waals surface area contributed by atoms with Crippen molar-refractivity contribution >= 4 is 11.7 Å². The minimum absolute atomic E-state index is 0.0306. The van der Waals surface area contributed by atoms with Crippen LogP contribution in [0.1, 0.15) is 83.1 Å². The number of ether oxygens (including phenoxy) is 2. The molecule has 9 atom stereocenters. The number of nitrogens with one attached hydrogen (secondary N) is 1. The van der Waals surface area contributed by atoms with Crippen LogP contribution in [0.25, 0.3) is 11.1 Å². The summed E-state index contributed by atoms with van der Waals surface area (Å²) in [4.78, 5) is 36.4. The van der Waals surface area contributed by atoms with Gasteiger partial charge in [0.15, 0.2) is 5.78 Å². The van der Waals surface area contributed by atoms with Crippen molar-refractivity contribution in [1.82, 2.24) is 15.3 Å². The summed E-state index contributed by atoms with van der Waals surface area (Å²) in [5.41, 5.74) is 3.07. The van der Waals surface area contributed by atoms with Gasteiger partial charge in [-0.3, -0.25) is 14.4 Å². The zero-order valence-electron chi connectivity index (χ0n) is 33.0. The number of carbonyl (C=O) groups is 2. The number of methoxy groups -OCH3 is 2. The largest absolute Gasteiger partial charge is 0.496 e. The number of hydrogen-bond acceptors (Lipinski definition) is 9. The lowest BCUT2D eigenvalue weighted by molar-refractivity contribution is -0.183. The Bertz CT molecular complexity index is 1550. The number of carbonyl (C=O) groups excluding carboxylic acids is 2. The van der Waals surface area contributed by atoms with E-state index in [-0.39, 0.29) is 36.8 Å². The lowest BCUT2D eigenvalue weighted by Gasteiger charge is -2.62. The summed E-state index contributed by atoms with van der Waals surface area (Å²) >= 11 is 0. The summed E-state index contributed by atoms with van der Waals surface area (Å²) in [5, 5.41) is 26.2. The molecule has 0 radical (unpaired) electrons. The zero-order valence-corrected chi connectivity index (χ0v) is 33.0. The summed E-state index contributed by atoms with van der Waals surface area (Å²) in [6, 6.07) is 10.6. The number of nitrogens with zero attached hydrogens (tertiary/aromatic N) is 2. The van der Waals surface area contributed by atoms with Crippen LogP contribution in [0.15, 0.2) is 36.4 Å². The zero-order chi connectivity index (χ0) is 38.1. The number of benzene rings is 2. The van der Waals surface area contributed by atoms with Crippen molar-refractivity contribution in [2.45, 2.75) is 98.1 Å². The number of rotatable bonds is 16. The fraction of sp³-hybridized carbons (Fsp3) is 0.667. The number of hydroxylamine groups is 2. The molecule has 1 aliphatic heterocycles. The lowest BCUT2D eigenvalue weighted by Crippen LogP contribution is -2.55. The van der Waals surface area contributed by atoms with Gasteiger partial charge in [0.2, 0.25) is 0 Å². The van der Waals surface area contributed by atoms with E-state index < -0.39 is 24.2 Å². The Balaban J connectivity index is 1.42. The number of likely N-dealkylation sites (N-methyl/N-ethyl adjacent to an activating group) is 1. The van der Waals surface area contributed by atoms with Gasteiger partial charge in [0, 0.05) is 36.1 Å². The molecule has 2 aromatic carbocycles. The Kier molecular flexibility index (Phi) is 12.8. The first-order chi connectivity index (χ1) is 24.6. The van der Waals surface area contributed by atoms with Gasteiger partial charge in [-0.05, 0) is 93.0 Å². The molecule has 1 heterocycles. The van der Waals surface area contributed by atoms with Gasteiger partial charge in [0.1, 0.15) is 23.6 Å². The summed E-state index contributed by atoms with van der Waals surface area (Å²) in [5.74, 6) is 2.72. The Morgan fingerprint density at radius 2 is 1.83 bits per heavy atom. The molecule has 0 unspecified atom stereocenters. The maximum atomic E-state index is 14.3. The van der Waals surface area contributed by atoms with Gasteiger partial charge in [0.05, 0.1) is 39.0 Å². The third-order valence-corrected chi connectivity index (χ3v) is 12.5. The van der Waals surface area contributed by atoms with Gasteiger partial charge in [-0.2, -0.15) is 5.06 Å². The van der Waals surface area contributed by atoms with Crippen LogP contribution in [0.5, 0.6) is 11.5 Å². The average Bonchev–Trinajstić information content (AvgIpc) is 3.46. The number of para-hydroxylation sites is 1. The average molecular weight is 722 g/mol. The van der Waals surface area contributed by atoms with E-state index in [1.807, 2.05) is 44.4 Å². The van der Waals surface area contributed by atoms with Gasteiger partial charge in [0.25, 0.3) is 5.91 Å². The number of aliphatic hydroxyl groups excluding tert-OH is 2. The molecule has 1 saturated heterocycles. The summed E-state index contributed by atoms with van der Waals surface area (Å²) in [6.07, 6.45) is 1.98. The van der Waals surface area contributed by atoms with Gasteiger partial charge < -0.3 is 29.9 Å². The molecular weight excluding hydrogens is 658 g/mol. The highest BCUT2D eigenvalue weighted by atomic mass is 16.7. The summed E-state index contributed by atoms with van der Waals surface area (Å²) < 4.78 is 11.7. The molecule has 4 aliphatic rings. The molecule has 10 heteroatoms. The van der Waals surface area contributed by atoms with E-state index in [2.05, 4.69) is 44.8 Å². The van der Waals surface area contributed by atoms with Gasteiger partial charge >= 0.3 is 0 Å². The van der Waals surface area contributed by atoms with Crippen LogP contribution >= 0.6 is 0 Å². The summed E-state index contributed by atoms with van der Waals surface area (Å²) in [6.45, 7) is 13.6. The van der Waals surface area contributed by atoms with Gasteiger partial charge in [-0.15, -0.1) is 0 Å². The first kappa shape index (κ1) is 40.2. The second kappa shape index (κ2) is 16.6. The number of fused-ring (bicyclic) bond motifs is 2. The minimum Gasteiger partial charge on any atom is -0.496 e. The summed E-state index contributed by atoms with van der Waals surface area (Å²) in [7, 11) is 7.17. The molecule has 52 heavy (non-hydrogen) atoms. The predicted molar refractivity (Wildman–Crippen MR) is 203 cm³/mol. The molecule has 288 valence electrons. The molecule has 4 fully saturated rings. The number of aliphatic hydroxyl groups is 2. The molecule has 0 aromatic heterocycles. The highest BCUT2D eigenvalue weighted by molar-refractivity contribution is 5.98. The van der Waals surface area contributed by atoms with E-state index in [0.29, 0.717) is 52.6 Å². The van der Waals surface area contributed by atoms with E-state index in [1.54, 1.807) is 32.3 Å². The van der Waals surface area contributed by atoms with Crippen molar-refractivity contribution in [2.75, 3.05) is 41.5 Å². The molecule has 0 spiro atoms. The normalized spacial score (nSPS) is 28.0. The van der Waals surface area contributed by atoms with Crippen LogP contribution in [0.4, 0.5) is 0 Å². The first-order valence-corrected chi connectivity index (χ1v) is 19.2. The smallest absolute Gasteiger partial charge is 0.255 e. The molecule has 3 N–H and O–H groups in total. The number of hydrogen-bond donors (Lipinski definition) is 3. The Hall–Kier alpha value is -3.02. The predicted octanol–water partition coefficient (Wildman–Crippen LogP) is 5.83. The topological polar surface area (TPSA) is 121 Å². The van der Waals surface area contributed by atoms with Crippen molar-refractivity contribution in [3.8, 4) is 22.6 Å². The standard InChI is InChI=1S/C42H63N3O7/c1-24(2)16-31(22-44(7)8)43-41(49)33-18-27(14-15-36(33)50-9)32-13-11-12-28(40(32)51-10)21-45-39(38(26(4)47)37(23-46)52-45)35(48)19-29-17-30-20-34(25(29)3)42(30,5)6/h11-15,18,24-26,29-31,34,37-39,46-47H,16-17,19-23H2,1-10H3,(H,43,49)/t25-,26+,29-,30+,31+,34+,37+,38+,39-/m1/s1. The third kappa shape index (κ3) is 8.21. The highest BCUT2D eigenvalue weighted by Gasteiger charge is 2.57. The van der Waals surface area contributed by atoms with E-state index in [9.17, 15) is 19.8 Å². The highest BCUT2D eigenvalue weighted by Crippen LogP contribution is 2.63. The van der Waals surface area contributed by atoms with Crippen LogP contribution in [0, 0.1) is 40.9 Å². The second-order valence-corrected chi connectivity index (χ2v) is 17.0. The van der Waals surface area contributed by atoms with Gasteiger partial charge in [-0.1, -0.05) is 58.9 Å². The maximum absolute atomic E-state index is 14.3. The fourth-order valence-corrected chi connectivity index (χ4v) is 9.70. The monoisotopic (exact) mass is 721 g/mol. The van der Waals surface area contributed by atoms with E-state index in [0.717, 1.165) is 36.1 Å². The first-order valence-electron chi connectivity index (χ1n) is 19.2. The van der Waals surface area contributed by atoms with E-state index in [1.165, 1.54) is 6.42 Å². The second-order valence-electron chi connectivity index (χ2n) is 17.0. The van der Waals surface area contributed by atoms with E-state index in [4.69, 9.17) is 14.3 Å². The molecule has 10 nitrogen and oxygen atoms in total. The van der Waals surface area contributed by atoms with Crippen molar-refractivity contribution in [1.29, 1.82) is 0 Å². The van der Waals surface area contributed by atoms with Crippen LogP contribution < -0.4 is 14.8 Å². The van der Waals surface area contributed by atoms with Crippen molar-refractivity contribution in [3.63, 3.8) is 0 Å². The molecule has 2 aromatic rings. The molecule has 3 saturated carbocycles. The SMILES string of the molecule is COc1ccc(-c2cccc(CN3O[C@@H](CO)[C@H]([C@H](C)O)[C@H]3C(=O)C[C@H]3C[C@H]4C[C@@H]([C@@H]3C)C4(C)C)c2OC)cc1C(=O)N[C@@H](CC(C)C)CN(C)C. The van der Waals surface area contributed by atoms with Crippen molar-refractivity contribution in [3.05, 3.63) is 47.5 Å². The van der Waals surface area contributed by atoms with Crippen molar-refractivity contribution < 1.29 is 34.1 Å². The number of ketones is 1. The Morgan fingerprint density at radius 3 is 2.40 bits per heavy atom. The number of amides is 1. The van der Waals surface area contributed by atoms with Crippen LogP contribution in [-0.4, -0.2) is 97.6 Å². The minimum atomic E-state index is -0.859. The van der Waals surface area contributed by atoms with Crippen molar-refractivity contribution in [2.24, 2.45) is 40.9 Å². The molecular formula is C42H63N3O7.